The molecule has 1 N–H and O–H groups in total. The summed E-state index contributed by atoms with van der Waals surface area (Å²) in [5.74, 6) is -2.37. The lowest BCUT2D eigenvalue weighted by Gasteiger charge is -2.27. The number of phenols is 1. The van der Waals surface area contributed by atoms with Gasteiger partial charge in [-0.25, -0.2) is 4.39 Å². The van der Waals surface area contributed by atoms with Crippen molar-refractivity contribution in [2.24, 2.45) is 5.41 Å². The molecule has 2 aromatic rings. The zero-order valence-electron chi connectivity index (χ0n) is 15.2. The molecule has 0 unspecified atom stereocenters. The average Bonchev–Trinajstić information content (AvgIpc) is 2.81. The van der Waals surface area contributed by atoms with E-state index in [1.54, 1.807) is 18.2 Å². The molecule has 0 radical (unpaired) electrons. The van der Waals surface area contributed by atoms with E-state index in [2.05, 4.69) is 0 Å². The van der Waals surface area contributed by atoms with Gasteiger partial charge < -0.3 is 19.3 Å². The molecule has 27 heavy (non-hydrogen) atoms. The Morgan fingerprint density at radius 3 is 2.11 bits per heavy atom. The van der Waals surface area contributed by atoms with Crippen molar-refractivity contribution in [1.82, 2.24) is 0 Å². The lowest BCUT2D eigenvalue weighted by molar-refractivity contribution is -0.169. The van der Waals surface area contributed by atoms with Crippen molar-refractivity contribution in [3.63, 3.8) is 0 Å². The topological polar surface area (TPSA) is 82.1 Å². The smallest absolute Gasteiger partial charge is 0.323 e. The quantitative estimate of drug-likeness (QED) is 0.657. The zero-order chi connectivity index (χ0) is 19.8. The highest BCUT2D eigenvalue weighted by atomic mass is 19.1. The Hall–Kier alpha value is -3.09. The molecule has 0 heterocycles. The Morgan fingerprint density at radius 1 is 0.963 bits per heavy atom. The molecular formula is C20H19FO6. The summed E-state index contributed by atoms with van der Waals surface area (Å²) in [6.45, 7) is 0. The van der Waals surface area contributed by atoms with Crippen LogP contribution in [0.15, 0.2) is 30.3 Å². The number of aromatic hydroxyl groups is 1. The van der Waals surface area contributed by atoms with Gasteiger partial charge in [-0.2, -0.15) is 0 Å². The molecule has 2 aromatic carbocycles. The van der Waals surface area contributed by atoms with E-state index in [1.807, 2.05) is 0 Å². The molecule has 1 aliphatic carbocycles. The fraction of sp³-hybridized carbons (Fsp3) is 0.300. The van der Waals surface area contributed by atoms with Crippen molar-refractivity contribution in [2.45, 2.75) is 12.8 Å². The van der Waals surface area contributed by atoms with Crippen LogP contribution < -0.4 is 4.74 Å². The number of rotatable bonds is 3. The maximum Gasteiger partial charge on any atom is 0.323 e. The third kappa shape index (κ3) is 2.99. The number of ether oxygens (including phenoxy) is 3. The van der Waals surface area contributed by atoms with Gasteiger partial charge in [0.15, 0.2) is 17.0 Å². The van der Waals surface area contributed by atoms with Crippen LogP contribution in [0.2, 0.25) is 0 Å². The molecule has 0 amide bonds. The second kappa shape index (κ2) is 6.90. The van der Waals surface area contributed by atoms with E-state index in [0.717, 1.165) is 6.07 Å². The molecule has 0 aromatic heterocycles. The van der Waals surface area contributed by atoms with Crippen LogP contribution in [0.4, 0.5) is 4.39 Å². The summed E-state index contributed by atoms with van der Waals surface area (Å²) in [6, 6.07) is 7.58. The first-order chi connectivity index (χ1) is 12.9. The summed E-state index contributed by atoms with van der Waals surface area (Å²) in [5, 5.41) is 9.85. The van der Waals surface area contributed by atoms with Crippen LogP contribution >= 0.6 is 0 Å². The summed E-state index contributed by atoms with van der Waals surface area (Å²) in [7, 11) is 3.87. The molecule has 0 saturated heterocycles. The number of halogens is 1. The maximum atomic E-state index is 14.0. The molecule has 0 saturated carbocycles. The van der Waals surface area contributed by atoms with Gasteiger partial charge in [0.25, 0.3) is 0 Å². The van der Waals surface area contributed by atoms with Crippen molar-refractivity contribution < 1.29 is 33.3 Å². The summed E-state index contributed by atoms with van der Waals surface area (Å²) < 4.78 is 29.1. The van der Waals surface area contributed by atoms with Crippen LogP contribution in [0.1, 0.15) is 11.1 Å². The van der Waals surface area contributed by atoms with Crippen LogP contribution in [-0.4, -0.2) is 38.4 Å². The van der Waals surface area contributed by atoms with Gasteiger partial charge in [-0.3, -0.25) is 9.59 Å². The Bertz CT molecular complexity index is 905. The fourth-order valence-electron chi connectivity index (χ4n) is 3.58. The molecule has 142 valence electrons. The van der Waals surface area contributed by atoms with Gasteiger partial charge in [-0.15, -0.1) is 0 Å². The molecule has 0 bridgehead atoms. The first-order valence-corrected chi connectivity index (χ1v) is 8.21. The van der Waals surface area contributed by atoms with Crippen LogP contribution in [-0.2, 0) is 31.9 Å². The zero-order valence-corrected chi connectivity index (χ0v) is 15.2. The number of fused-ring (bicyclic) bond motifs is 3. The summed E-state index contributed by atoms with van der Waals surface area (Å²) >= 11 is 0. The van der Waals surface area contributed by atoms with Gasteiger partial charge in [0.2, 0.25) is 0 Å². The molecule has 3 rings (SSSR count). The number of carbonyl (C=O) groups is 2. The largest absolute Gasteiger partial charge is 0.505 e. The fourth-order valence-corrected chi connectivity index (χ4v) is 3.58. The minimum Gasteiger partial charge on any atom is -0.505 e. The first-order valence-electron chi connectivity index (χ1n) is 8.21. The van der Waals surface area contributed by atoms with Crippen LogP contribution in [0.5, 0.6) is 11.5 Å². The van der Waals surface area contributed by atoms with E-state index in [4.69, 9.17) is 14.2 Å². The van der Waals surface area contributed by atoms with Crippen LogP contribution in [0.3, 0.4) is 0 Å². The van der Waals surface area contributed by atoms with Gasteiger partial charge in [-0.1, -0.05) is 6.07 Å². The second-order valence-corrected chi connectivity index (χ2v) is 6.40. The predicted octanol–water partition coefficient (Wildman–Crippen LogP) is 2.64. The standard InChI is InChI=1S/C20H19FO6/c1-25-13-4-5-14-11(6-13)9-20(18(23)26-2,19(24)27-3)10-12-7-16(21)17(22)8-15(12)14/h4-8,22H,9-10H2,1-3H3. The minimum atomic E-state index is -1.68. The Morgan fingerprint density at radius 2 is 1.56 bits per heavy atom. The highest BCUT2D eigenvalue weighted by Gasteiger charge is 2.50. The summed E-state index contributed by atoms with van der Waals surface area (Å²) in [4.78, 5) is 25.3. The van der Waals surface area contributed by atoms with Gasteiger partial charge in [0, 0.05) is 12.8 Å². The number of carbonyl (C=O) groups excluding carboxylic acids is 2. The van der Waals surface area contributed by atoms with Crippen molar-refractivity contribution in [1.29, 1.82) is 0 Å². The normalized spacial score (nSPS) is 14.4. The molecule has 6 nitrogen and oxygen atoms in total. The number of esters is 2. The van der Waals surface area contributed by atoms with E-state index in [9.17, 15) is 19.1 Å². The molecule has 7 heteroatoms. The number of phenolic OH excluding ortho intramolecular Hbond substituents is 1. The first kappa shape index (κ1) is 18.7. The number of benzene rings is 2. The third-order valence-corrected chi connectivity index (χ3v) is 4.91. The minimum absolute atomic E-state index is 0.0179. The van der Waals surface area contributed by atoms with E-state index < -0.39 is 28.9 Å². The monoisotopic (exact) mass is 374 g/mol. The maximum absolute atomic E-state index is 14.0. The number of hydrogen-bond acceptors (Lipinski definition) is 6. The Balaban J connectivity index is 2.34. The van der Waals surface area contributed by atoms with Crippen LogP contribution in [0.25, 0.3) is 11.1 Å². The molecule has 1 aliphatic rings. The van der Waals surface area contributed by atoms with Crippen LogP contribution in [0, 0.1) is 11.2 Å². The lowest BCUT2D eigenvalue weighted by Crippen LogP contribution is -2.44. The average molecular weight is 374 g/mol. The Labute approximate surface area is 155 Å². The molecule has 0 fully saturated rings. The van der Waals surface area contributed by atoms with E-state index in [0.29, 0.717) is 28.0 Å². The van der Waals surface area contributed by atoms with E-state index >= 15 is 0 Å². The molecule has 0 aliphatic heterocycles. The summed E-state index contributed by atoms with van der Waals surface area (Å²) in [5.41, 5.74) is 0.524. The lowest BCUT2D eigenvalue weighted by atomic mass is 9.77. The molecule has 0 spiro atoms. The SMILES string of the molecule is COC(=O)C1(C(=O)OC)Cc2cc(OC)ccc2-c2cc(O)c(F)cc2C1. The van der Waals surface area contributed by atoms with Crippen molar-refractivity contribution in [3.05, 3.63) is 47.3 Å². The third-order valence-electron chi connectivity index (χ3n) is 4.91. The van der Waals surface area contributed by atoms with Gasteiger partial charge in [-0.05, 0) is 46.5 Å². The predicted molar refractivity (Wildman–Crippen MR) is 93.9 cm³/mol. The van der Waals surface area contributed by atoms with Crippen molar-refractivity contribution in [3.8, 4) is 22.6 Å². The van der Waals surface area contributed by atoms with Crippen molar-refractivity contribution >= 4 is 11.9 Å². The van der Waals surface area contributed by atoms with Gasteiger partial charge >= 0.3 is 11.9 Å². The number of methoxy groups -OCH3 is 3. The van der Waals surface area contributed by atoms with E-state index in [1.165, 1.54) is 27.4 Å². The molecule has 0 atom stereocenters. The van der Waals surface area contributed by atoms with Crippen molar-refractivity contribution in [2.75, 3.05) is 21.3 Å². The molecular weight excluding hydrogens is 355 g/mol. The van der Waals surface area contributed by atoms with E-state index in [-0.39, 0.29) is 12.8 Å². The van der Waals surface area contributed by atoms with Gasteiger partial charge in [0.1, 0.15) is 5.75 Å². The van der Waals surface area contributed by atoms with Gasteiger partial charge in [0.05, 0.1) is 21.3 Å². The highest BCUT2D eigenvalue weighted by molar-refractivity contribution is 6.01. The second-order valence-electron chi connectivity index (χ2n) is 6.40. The summed E-state index contributed by atoms with van der Waals surface area (Å²) in [6.07, 6.45) is -0.147. The highest BCUT2D eigenvalue weighted by Crippen LogP contribution is 2.44. The Kier molecular flexibility index (Phi) is 4.78. The number of hydrogen-bond donors (Lipinski definition) is 1.